The molecule has 0 atom stereocenters. The number of rotatable bonds is 2. The average Bonchev–Trinajstić information content (AvgIpc) is 2.90. The van der Waals surface area contributed by atoms with Crippen LogP contribution in [0.2, 0.25) is 0 Å². The molecule has 0 saturated heterocycles. The van der Waals surface area contributed by atoms with Crippen LogP contribution in [0.15, 0.2) is 35.1 Å². The number of aromatic nitrogens is 1. The van der Waals surface area contributed by atoms with E-state index in [0.29, 0.717) is 11.4 Å². The number of carbonyl (C=O) groups excluding carboxylic acids is 1. The van der Waals surface area contributed by atoms with Crippen molar-refractivity contribution in [2.75, 3.05) is 11.9 Å². The first-order chi connectivity index (χ1) is 9.20. The lowest BCUT2D eigenvalue weighted by Gasteiger charge is -2.04. The molecule has 0 fully saturated rings. The molecule has 0 bridgehead atoms. The second-order valence-corrected chi connectivity index (χ2v) is 3.87. The van der Waals surface area contributed by atoms with Crippen LogP contribution in [-0.4, -0.2) is 17.6 Å². The topological polar surface area (TPSA) is 81.2 Å². The minimum Gasteiger partial charge on any atom is -0.363 e. The van der Waals surface area contributed by atoms with E-state index in [4.69, 9.17) is 5.73 Å². The minimum absolute atomic E-state index is 0.260. The Morgan fingerprint density at radius 2 is 2.32 bits per heavy atom. The van der Waals surface area contributed by atoms with E-state index in [1.165, 1.54) is 6.26 Å². The van der Waals surface area contributed by atoms with E-state index in [0.717, 1.165) is 11.1 Å². The third-order valence-electron chi connectivity index (χ3n) is 2.50. The third-order valence-corrected chi connectivity index (χ3v) is 2.50. The fourth-order valence-corrected chi connectivity index (χ4v) is 1.51. The highest BCUT2D eigenvalue weighted by atomic mass is 16.5. The summed E-state index contributed by atoms with van der Waals surface area (Å²) in [6.45, 7) is 2.22. The molecule has 3 N–H and O–H groups in total. The number of anilines is 1. The van der Waals surface area contributed by atoms with Crippen LogP contribution < -0.4 is 11.1 Å². The highest BCUT2D eigenvalue weighted by Crippen LogP contribution is 2.12. The Labute approximate surface area is 110 Å². The van der Waals surface area contributed by atoms with Crippen molar-refractivity contribution >= 4 is 11.7 Å². The summed E-state index contributed by atoms with van der Waals surface area (Å²) >= 11 is 0. The number of hydrogen-bond donors (Lipinski definition) is 2. The predicted octanol–water partition coefficient (Wildman–Crippen LogP) is 1.55. The van der Waals surface area contributed by atoms with Crippen molar-refractivity contribution in [3.63, 3.8) is 0 Å². The summed E-state index contributed by atoms with van der Waals surface area (Å²) in [6, 6.07) is 6.88. The van der Waals surface area contributed by atoms with Crippen LogP contribution in [-0.2, 0) is 0 Å². The van der Waals surface area contributed by atoms with Crippen molar-refractivity contribution in [2.45, 2.75) is 6.92 Å². The lowest BCUT2D eigenvalue weighted by atomic mass is 10.0. The first kappa shape index (κ1) is 12.9. The predicted molar refractivity (Wildman–Crippen MR) is 71.6 cm³/mol. The Kier molecular flexibility index (Phi) is 3.96. The van der Waals surface area contributed by atoms with E-state index in [9.17, 15) is 4.79 Å². The van der Waals surface area contributed by atoms with Crippen molar-refractivity contribution in [2.24, 2.45) is 5.73 Å². The number of nitrogens with one attached hydrogen (secondary N) is 1. The monoisotopic (exact) mass is 255 g/mol. The molecule has 1 heterocycles. The number of aryl methyl sites for hydroxylation is 1. The van der Waals surface area contributed by atoms with E-state index >= 15 is 0 Å². The molecule has 0 unspecified atom stereocenters. The molecule has 1 aromatic heterocycles. The van der Waals surface area contributed by atoms with Gasteiger partial charge >= 0.3 is 0 Å². The van der Waals surface area contributed by atoms with Gasteiger partial charge in [-0.1, -0.05) is 23.1 Å². The van der Waals surface area contributed by atoms with E-state index < -0.39 is 0 Å². The number of nitrogens with zero attached hydrogens (tertiary/aromatic N) is 1. The van der Waals surface area contributed by atoms with Crippen LogP contribution in [0.3, 0.4) is 0 Å². The van der Waals surface area contributed by atoms with Gasteiger partial charge in [0.2, 0.25) is 0 Å². The van der Waals surface area contributed by atoms with Gasteiger partial charge < -0.3 is 15.6 Å². The van der Waals surface area contributed by atoms with Gasteiger partial charge in [0, 0.05) is 17.2 Å². The number of carbonyl (C=O) groups is 1. The fraction of sp³-hybridized carbons (Fsp3) is 0.143. The standard InChI is InChI=1S/C14H13N3O2/c1-10-4-5-12(9-11(10)3-2-7-15)14(18)16-13-6-8-19-17-13/h4-6,8-9H,7,15H2,1H3,(H,16,17,18). The number of benzene rings is 1. The SMILES string of the molecule is Cc1ccc(C(=O)Nc2ccon2)cc1C#CCN. The molecule has 0 saturated carbocycles. The van der Waals surface area contributed by atoms with Gasteiger partial charge in [-0.05, 0) is 24.6 Å². The normalized spacial score (nSPS) is 9.58. The summed E-state index contributed by atoms with van der Waals surface area (Å²) in [6.07, 6.45) is 1.39. The molecule has 5 heteroatoms. The summed E-state index contributed by atoms with van der Waals surface area (Å²) in [5.74, 6) is 5.83. The molecule has 0 aliphatic carbocycles. The molecule has 1 aromatic carbocycles. The molecular formula is C14H13N3O2. The lowest BCUT2D eigenvalue weighted by Crippen LogP contribution is -2.12. The van der Waals surface area contributed by atoms with Crippen LogP contribution in [0.1, 0.15) is 21.5 Å². The molecule has 0 spiro atoms. The van der Waals surface area contributed by atoms with Crippen LogP contribution in [0.25, 0.3) is 0 Å². The van der Waals surface area contributed by atoms with Gasteiger partial charge in [0.15, 0.2) is 5.82 Å². The van der Waals surface area contributed by atoms with Crippen molar-refractivity contribution in [1.29, 1.82) is 0 Å². The summed E-state index contributed by atoms with van der Waals surface area (Å²) in [5, 5.41) is 6.24. The summed E-state index contributed by atoms with van der Waals surface area (Å²) in [7, 11) is 0. The highest BCUT2D eigenvalue weighted by molar-refractivity contribution is 6.04. The molecule has 0 aliphatic heterocycles. The molecule has 19 heavy (non-hydrogen) atoms. The van der Waals surface area contributed by atoms with Gasteiger partial charge in [0.05, 0.1) is 6.54 Å². The van der Waals surface area contributed by atoms with Crippen LogP contribution >= 0.6 is 0 Å². The molecule has 5 nitrogen and oxygen atoms in total. The lowest BCUT2D eigenvalue weighted by molar-refractivity contribution is 0.102. The first-order valence-corrected chi connectivity index (χ1v) is 5.72. The second kappa shape index (κ2) is 5.85. The zero-order valence-electron chi connectivity index (χ0n) is 10.4. The maximum atomic E-state index is 12.0. The zero-order chi connectivity index (χ0) is 13.7. The van der Waals surface area contributed by atoms with Crippen LogP contribution in [0.4, 0.5) is 5.82 Å². The Morgan fingerprint density at radius 1 is 1.47 bits per heavy atom. The molecule has 0 radical (unpaired) electrons. The van der Waals surface area contributed by atoms with Crippen molar-refractivity contribution in [3.8, 4) is 11.8 Å². The van der Waals surface area contributed by atoms with Gasteiger partial charge in [-0.15, -0.1) is 0 Å². The molecule has 1 amide bonds. The summed E-state index contributed by atoms with van der Waals surface area (Å²) in [5.41, 5.74) is 7.64. The quantitative estimate of drug-likeness (QED) is 0.798. The Bertz CT molecular complexity index is 636. The molecule has 2 rings (SSSR count). The van der Waals surface area contributed by atoms with Crippen LogP contribution in [0, 0.1) is 18.8 Å². The molecule has 2 aromatic rings. The van der Waals surface area contributed by atoms with Crippen molar-refractivity contribution in [1.82, 2.24) is 5.16 Å². The Morgan fingerprint density at radius 3 is 3.00 bits per heavy atom. The second-order valence-electron chi connectivity index (χ2n) is 3.87. The zero-order valence-corrected chi connectivity index (χ0v) is 10.4. The van der Waals surface area contributed by atoms with Gasteiger partial charge in [0.1, 0.15) is 6.26 Å². The number of nitrogens with two attached hydrogens (primary N) is 1. The van der Waals surface area contributed by atoms with E-state index in [2.05, 4.69) is 26.8 Å². The maximum Gasteiger partial charge on any atom is 0.256 e. The first-order valence-electron chi connectivity index (χ1n) is 5.72. The van der Waals surface area contributed by atoms with Gasteiger partial charge in [-0.2, -0.15) is 0 Å². The van der Waals surface area contributed by atoms with Crippen molar-refractivity contribution < 1.29 is 9.32 Å². The smallest absolute Gasteiger partial charge is 0.256 e. The number of hydrogen-bond acceptors (Lipinski definition) is 4. The van der Waals surface area contributed by atoms with Gasteiger partial charge in [-0.3, -0.25) is 4.79 Å². The summed E-state index contributed by atoms with van der Waals surface area (Å²) < 4.78 is 4.65. The number of amides is 1. The van der Waals surface area contributed by atoms with Gasteiger partial charge in [-0.25, -0.2) is 0 Å². The fourth-order valence-electron chi connectivity index (χ4n) is 1.51. The highest BCUT2D eigenvalue weighted by Gasteiger charge is 2.09. The van der Waals surface area contributed by atoms with E-state index in [-0.39, 0.29) is 12.5 Å². The molecular weight excluding hydrogens is 242 g/mol. The summed E-state index contributed by atoms with van der Waals surface area (Å²) in [4.78, 5) is 12.0. The van der Waals surface area contributed by atoms with Crippen molar-refractivity contribution in [3.05, 3.63) is 47.2 Å². The average molecular weight is 255 g/mol. The van der Waals surface area contributed by atoms with E-state index in [1.807, 2.05) is 13.0 Å². The Balaban J connectivity index is 2.22. The van der Waals surface area contributed by atoms with Gasteiger partial charge in [0.25, 0.3) is 5.91 Å². The third kappa shape index (κ3) is 3.21. The molecule has 0 aliphatic rings. The Hall–Kier alpha value is -2.58. The largest absolute Gasteiger partial charge is 0.363 e. The minimum atomic E-state index is -0.260. The van der Waals surface area contributed by atoms with Crippen LogP contribution in [0.5, 0.6) is 0 Å². The maximum absolute atomic E-state index is 12.0. The molecule has 96 valence electrons. The van der Waals surface area contributed by atoms with E-state index in [1.54, 1.807) is 18.2 Å².